The maximum Gasteiger partial charge on any atom is 0.129 e. The molecule has 0 saturated heterocycles. The highest BCUT2D eigenvalue weighted by Crippen LogP contribution is 2.35. The van der Waals surface area contributed by atoms with Crippen molar-refractivity contribution in [3.05, 3.63) is 22.9 Å². The molecule has 2 heterocycles. The van der Waals surface area contributed by atoms with Gasteiger partial charge < -0.3 is 10.5 Å². The summed E-state index contributed by atoms with van der Waals surface area (Å²) in [5.41, 5.74) is 9.51. The van der Waals surface area contributed by atoms with Crippen molar-refractivity contribution in [1.82, 2.24) is 4.98 Å². The molecule has 3 heteroatoms. The molecule has 0 amide bonds. The fourth-order valence-corrected chi connectivity index (χ4v) is 2.02. The number of hydrogen-bond donors (Lipinski definition) is 1. The van der Waals surface area contributed by atoms with Gasteiger partial charge in [-0.1, -0.05) is 13.3 Å². The van der Waals surface area contributed by atoms with E-state index < -0.39 is 0 Å². The molecule has 14 heavy (non-hydrogen) atoms. The normalized spacial score (nSPS) is 19.7. The predicted molar refractivity (Wildman–Crippen MR) is 55.8 cm³/mol. The van der Waals surface area contributed by atoms with E-state index >= 15 is 0 Å². The van der Waals surface area contributed by atoms with Gasteiger partial charge in [-0.05, 0) is 24.5 Å². The first-order valence-electron chi connectivity index (χ1n) is 5.11. The molecule has 1 aromatic rings. The molecular formula is C11H16N2O. The van der Waals surface area contributed by atoms with Crippen LogP contribution in [0.1, 0.15) is 43.1 Å². The van der Waals surface area contributed by atoms with E-state index in [1.165, 1.54) is 11.1 Å². The number of nitrogens with two attached hydrogens (primary N) is 1. The van der Waals surface area contributed by atoms with Gasteiger partial charge in [0, 0.05) is 11.8 Å². The Labute approximate surface area is 84.3 Å². The average molecular weight is 192 g/mol. The summed E-state index contributed by atoms with van der Waals surface area (Å²) < 4.78 is 5.57. The predicted octanol–water partition coefficient (Wildman–Crippen LogP) is 2.21. The van der Waals surface area contributed by atoms with E-state index in [2.05, 4.69) is 11.9 Å². The Kier molecular flexibility index (Phi) is 2.42. The van der Waals surface area contributed by atoms with Gasteiger partial charge in [0.15, 0.2) is 0 Å². The largest absolute Gasteiger partial charge is 0.383 e. The quantitative estimate of drug-likeness (QED) is 0.781. The van der Waals surface area contributed by atoms with Crippen molar-refractivity contribution in [2.45, 2.75) is 39.4 Å². The lowest BCUT2D eigenvalue weighted by Gasteiger charge is -2.09. The first-order chi connectivity index (χ1) is 6.74. The number of rotatable bonds is 2. The lowest BCUT2D eigenvalue weighted by molar-refractivity contribution is 0.0796. The molecule has 0 saturated carbocycles. The third-order valence-electron chi connectivity index (χ3n) is 2.75. The average Bonchev–Trinajstić information content (AvgIpc) is 2.54. The topological polar surface area (TPSA) is 48.1 Å². The van der Waals surface area contributed by atoms with E-state index in [1.54, 1.807) is 0 Å². The lowest BCUT2D eigenvalue weighted by Crippen LogP contribution is -2.02. The minimum absolute atomic E-state index is 0.106. The van der Waals surface area contributed by atoms with Gasteiger partial charge in [0.25, 0.3) is 0 Å². The van der Waals surface area contributed by atoms with Gasteiger partial charge in [0.1, 0.15) is 5.82 Å². The minimum atomic E-state index is 0.106. The highest BCUT2D eigenvalue weighted by atomic mass is 16.5. The zero-order chi connectivity index (χ0) is 10.1. The molecule has 2 rings (SSSR count). The monoisotopic (exact) mass is 192 g/mol. The number of nitrogens with zero attached hydrogens (tertiary/aromatic N) is 1. The number of aryl methyl sites for hydroxylation is 1. The second-order valence-corrected chi connectivity index (χ2v) is 3.76. The van der Waals surface area contributed by atoms with Crippen LogP contribution < -0.4 is 5.73 Å². The Balaban J connectivity index is 2.47. The Bertz CT molecular complexity index is 349. The number of nitrogen functional groups attached to an aromatic ring is 1. The van der Waals surface area contributed by atoms with Gasteiger partial charge in [0.2, 0.25) is 0 Å². The number of fused-ring (bicyclic) bond motifs is 1. The number of aromatic nitrogens is 1. The minimum Gasteiger partial charge on any atom is -0.383 e. The summed E-state index contributed by atoms with van der Waals surface area (Å²) in [6.45, 7) is 4.89. The van der Waals surface area contributed by atoms with Crippen LogP contribution in [0.3, 0.4) is 0 Å². The van der Waals surface area contributed by atoms with Crippen molar-refractivity contribution in [3.63, 3.8) is 0 Å². The summed E-state index contributed by atoms with van der Waals surface area (Å²) in [4.78, 5) is 4.22. The van der Waals surface area contributed by atoms with E-state index in [-0.39, 0.29) is 6.10 Å². The fourth-order valence-electron chi connectivity index (χ4n) is 2.02. The summed E-state index contributed by atoms with van der Waals surface area (Å²) in [6.07, 6.45) is 4.19. The van der Waals surface area contributed by atoms with E-state index in [0.717, 1.165) is 18.4 Å². The van der Waals surface area contributed by atoms with Gasteiger partial charge >= 0.3 is 0 Å². The van der Waals surface area contributed by atoms with Gasteiger partial charge in [-0.2, -0.15) is 0 Å². The van der Waals surface area contributed by atoms with Crippen LogP contribution >= 0.6 is 0 Å². The van der Waals surface area contributed by atoms with Crippen molar-refractivity contribution in [3.8, 4) is 0 Å². The lowest BCUT2D eigenvalue weighted by atomic mass is 10.00. The molecule has 1 aromatic heterocycles. The molecule has 2 N–H and O–H groups in total. The van der Waals surface area contributed by atoms with E-state index in [1.807, 2.05) is 13.1 Å². The second kappa shape index (κ2) is 3.58. The zero-order valence-electron chi connectivity index (χ0n) is 8.71. The van der Waals surface area contributed by atoms with E-state index in [0.29, 0.717) is 12.4 Å². The molecular weight excluding hydrogens is 176 g/mol. The molecule has 3 nitrogen and oxygen atoms in total. The SMILES string of the molecule is CCCc1cnc(N)c2c1COC2C. The van der Waals surface area contributed by atoms with Gasteiger partial charge in [0.05, 0.1) is 12.7 Å². The number of anilines is 1. The third-order valence-corrected chi connectivity index (χ3v) is 2.75. The molecule has 0 radical (unpaired) electrons. The molecule has 76 valence electrons. The zero-order valence-corrected chi connectivity index (χ0v) is 8.71. The molecule has 0 aliphatic carbocycles. The van der Waals surface area contributed by atoms with Crippen molar-refractivity contribution in [2.75, 3.05) is 5.73 Å². The van der Waals surface area contributed by atoms with Crippen LogP contribution in [0.15, 0.2) is 6.20 Å². The van der Waals surface area contributed by atoms with Crippen molar-refractivity contribution in [1.29, 1.82) is 0 Å². The molecule has 1 atom stereocenters. The number of pyridine rings is 1. The van der Waals surface area contributed by atoms with E-state index in [4.69, 9.17) is 10.5 Å². The molecule has 1 aliphatic heterocycles. The van der Waals surface area contributed by atoms with Crippen LogP contribution in [0.25, 0.3) is 0 Å². The highest BCUT2D eigenvalue weighted by Gasteiger charge is 2.24. The molecule has 0 fully saturated rings. The maximum absolute atomic E-state index is 5.84. The van der Waals surface area contributed by atoms with Crippen LogP contribution in [0.2, 0.25) is 0 Å². The van der Waals surface area contributed by atoms with Gasteiger partial charge in [-0.3, -0.25) is 0 Å². The Hall–Kier alpha value is -1.09. The smallest absolute Gasteiger partial charge is 0.129 e. The first-order valence-corrected chi connectivity index (χ1v) is 5.11. The molecule has 1 unspecified atom stereocenters. The van der Waals surface area contributed by atoms with Crippen molar-refractivity contribution >= 4 is 5.82 Å². The molecule has 1 aliphatic rings. The fraction of sp³-hybridized carbons (Fsp3) is 0.545. The molecule has 0 spiro atoms. The molecule has 0 aromatic carbocycles. The van der Waals surface area contributed by atoms with Gasteiger partial charge in [-0.25, -0.2) is 4.98 Å². The maximum atomic E-state index is 5.84. The highest BCUT2D eigenvalue weighted by molar-refractivity contribution is 5.50. The summed E-state index contributed by atoms with van der Waals surface area (Å²) >= 11 is 0. The van der Waals surface area contributed by atoms with Crippen LogP contribution in [0.4, 0.5) is 5.82 Å². The summed E-state index contributed by atoms with van der Waals surface area (Å²) in [7, 11) is 0. The van der Waals surface area contributed by atoms with E-state index in [9.17, 15) is 0 Å². The van der Waals surface area contributed by atoms with Crippen LogP contribution in [0.5, 0.6) is 0 Å². The van der Waals surface area contributed by atoms with Crippen LogP contribution in [-0.2, 0) is 17.8 Å². The molecule has 0 bridgehead atoms. The van der Waals surface area contributed by atoms with Crippen LogP contribution in [0, 0.1) is 0 Å². The van der Waals surface area contributed by atoms with Crippen molar-refractivity contribution < 1.29 is 4.74 Å². The Morgan fingerprint density at radius 1 is 1.64 bits per heavy atom. The summed E-state index contributed by atoms with van der Waals surface area (Å²) in [5.74, 6) is 0.629. The standard InChI is InChI=1S/C11H16N2O/c1-3-4-8-5-13-11(12)10-7(2)14-6-9(8)10/h5,7H,3-4,6H2,1-2H3,(H2,12,13). The summed E-state index contributed by atoms with van der Waals surface area (Å²) in [5, 5.41) is 0. The van der Waals surface area contributed by atoms with Crippen LogP contribution in [-0.4, -0.2) is 4.98 Å². The first kappa shape index (κ1) is 9.46. The van der Waals surface area contributed by atoms with Gasteiger partial charge in [-0.15, -0.1) is 0 Å². The summed E-state index contributed by atoms with van der Waals surface area (Å²) in [6, 6.07) is 0. The number of ether oxygens (including phenoxy) is 1. The third kappa shape index (κ3) is 1.38. The Morgan fingerprint density at radius 3 is 3.14 bits per heavy atom. The second-order valence-electron chi connectivity index (χ2n) is 3.76. The Morgan fingerprint density at radius 2 is 2.43 bits per heavy atom. The number of hydrogen-bond acceptors (Lipinski definition) is 3. The van der Waals surface area contributed by atoms with Crippen molar-refractivity contribution in [2.24, 2.45) is 0 Å².